The summed E-state index contributed by atoms with van der Waals surface area (Å²) in [5.41, 5.74) is 7.12. The topological polar surface area (TPSA) is 82.9 Å². The molecule has 2 aromatic carbocycles. The van der Waals surface area contributed by atoms with Gasteiger partial charge in [-0.1, -0.05) is 41.0 Å². The molecular formula is C18H16ClN3O3. The third-order valence-electron chi connectivity index (χ3n) is 3.15. The molecule has 2 N–H and O–H groups in total. The van der Waals surface area contributed by atoms with E-state index in [1.54, 1.807) is 12.1 Å². The van der Waals surface area contributed by atoms with Crippen LogP contribution in [0, 0.1) is 0 Å². The zero-order chi connectivity index (χ0) is 17.5. The van der Waals surface area contributed by atoms with Gasteiger partial charge in [-0.05, 0) is 30.3 Å². The van der Waals surface area contributed by atoms with Crippen molar-refractivity contribution in [1.29, 1.82) is 0 Å². The van der Waals surface area contributed by atoms with Crippen LogP contribution in [0.1, 0.15) is 5.69 Å². The van der Waals surface area contributed by atoms with Gasteiger partial charge in [-0.25, -0.2) is 4.98 Å². The number of oxazole rings is 1. The minimum atomic E-state index is 0.135. The van der Waals surface area contributed by atoms with Crippen LogP contribution in [0.5, 0.6) is 5.75 Å². The lowest BCUT2D eigenvalue weighted by Crippen LogP contribution is -2.21. The summed E-state index contributed by atoms with van der Waals surface area (Å²) in [6.45, 7) is 0.271. The molecule has 0 atom stereocenters. The third-order valence-corrected chi connectivity index (χ3v) is 3.38. The average Bonchev–Trinajstić information content (AvgIpc) is 3.10. The molecule has 3 rings (SSSR count). The van der Waals surface area contributed by atoms with E-state index in [1.165, 1.54) is 6.26 Å². The van der Waals surface area contributed by atoms with E-state index in [4.69, 9.17) is 31.3 Å². The quantitative estimate of drug-likeness (QED) is 0.394. The number of nitrogens with zero attached hydrogens (tertiary/aromatic N) is 2. The molecule has 3 aromatic rings. The Morgan fingerprint density at radius 1 is 1.16 bits per heavy atom. The van der Waals surface area contributed by atoms with E-state index in [9.17, 15) is 0 Å². The molecule has 0 aliphatic heterocycles. The monoisotopic (exact) mass is 357 g/mol. The van der Waals surface area contributed by atoms with E-state index in [2.05, 4.69) is 10.1 Å². The van der Waals surface area contributed by atoms with Gasteiger partial charge in [0.05, 0.1) is 0 Å². The van der Waals surface area contributed by atoms with Gasteiger partial charge in [-0.15, -0.1) is 0 Å². The van der Waals surface area contributed by atoms with Gasteiger partial charge >= 0.3 is 0 Å². The maximum Gasteiger partial charge on any atom is 0.226 e. The van der Waals surface area contributed by atoms with E-state index < -0.39 is 0 Å². The highest BCUT2D eigenvalue weighted by molar-refractivity contribution is 6.30. The predicted octanol–water partition coefficient (Wildman–Crippen LogP) is 3.86. The van der Waals surface area contributed by atoms with Crippen LogP contribution in [0.25, 0.3) is 11.5 Å². The van der Waals surface area contributed by atoms with E-state index in [-0.39, 0.29) is 19.0 Å². The molecule has 0 saturated carbocycles. The molecule has 0 radical (unpaired) electrons. The minimum Gasteiger partial charge on any atom is -0.486 e. The zero-order valence-corrected chi connectivity index (χ0v) is 14.0. The van der Waals surface area contributed by atoms with Gasteiger partial charge in [0, 0.05) is 10.6 Å². The van der Waals surface area contributed by atoms with Crippen molar-refractivity contribution in [3.8, 4) is 17.2 Å². The number of benzene rings is 2. The summed E-state index contributed by atoms with van der Waals surface area (Å²) in [6.07, 6.45) is 1.50. The molecular weight excluding hydrogens is 342 g/mol. The average molecular weight is 358 g/mol. The van der Waals surface area contributed by atoms with E-state index >= 15 is 0 Å². The summed E-state index contributed by atoms with van der Waals surface area (Å²) >= 11 is 5.96. The minimum absolute atomic E-state index is 0.135. The number of hydrogen-bond donors (Lipinski definition) is 1. The standard InChI is InChI=1S/C18H16ClN3O3/c19-14-6-4-5-13(9-14)18-21-15(10-24-18)11-25-22-17(20)12-23-16-7-2-1-3-8-16/h1-10H,11-12H2,(H2,20,22). The Balaban J connectivity index is 1.50. The lowest BCUT2D eigenvalue weighted by Gasteiger charge is -2.04. The summed E-state index contributed by atoms with van der Waals surface area (Å²) in [4.78, 5) is 9.50. The fourth-order valence-corrected chi connectivity index (χ4v) is 2.20. The lowest BCUT2D eigenvalue weighted by molar-refractivity contribution is 0.125. The van der Waals surface area contributed by atoms with Crippen LogP contribution in [0.15, 0.2) is 70.4 Å². The fraction of sp³-hybridized carbons (Fsp3) is 0.111. The van der Waals surface area contributed by atoms with Crippen molar-refractivity contribution in [2.75, 3.05) is 6.61 Å². The van der Waals surface area contributed by atoms with Crippen molar-refractivity contribution < 1.29 is 14.0 Å². The number of rotatable bonds is 7. The summed E-state index contributed by atoms with van der Waals surface area (Å²) in [5, 5.41) is 4.41. The summed E-state index contributed by atoms with van der Waals surface area (Å²) in [5.74, 6) is 1.40. The molecule has 1 aromatic heterocycles. The molecule has 0 spiro atoms. The molecule has 0 saturated heterocycles. The van der Waals surface area contributed by atoms with Crippen LogP contribution in [0.3, 0.4) is 0 Å². The van der Waals surface area contributed by atoms with E-state index in [0.29, 0.717) is 22.4 Å². The number of halogens is 1. The van der Waals surface area contributed by atoms with Crippen molar-refractivity contribution in [1.82, 2.24) is 4.98 Å². The number of ether oxygens (including phenoxy) is 1. The highest BCUT2D eigenvalue weighted by Gasteiger charge is 2.07. The van der Waals surface area contributed by atoms with Crippen molar-refractivity contribution in [2.24, 2.45) is 10.9 Å². The molecule has 128 valence electrons. The fourth-order valence-electron chi connectivity index (χ4n) is 2.01. The van der Waals surface area contributed by atoms with Gasteiger partial charge in [-0.2, -0.15) is 0 Å². The van der Waals surface area contributed by atoms with Gasteiger partial charge < -0.3 is 19.7 Å². The molecule has 1 heterocycles. The molecule has 0 fully saturated rings. The Morgan fingerprint density at radius 2 is 2.00 bits per heavy atom. The first kappa shape index (κ1) is 16.9. The van der Waals surface area contributed by atoms with Crippen molar-refractivity contribution in [2.45, 2.75) is 6.61 Å². The maximum absolute atomic E-state index is 5.96. The van der Waals surface area contributed by atoms with Crippen LogP contribution >= 0.6 is 11.6 Å². The van der Waals surface area contributed by atoms with Gasteiger partial charge in [-0.3, -0.25) is 0 Å². The summed E-state index contributed by atoms with van der Waals surface area (Å²) < 4.78 is 10.9. The van der Waals surface area contributed by atoms with Crippen LogP contribution in [0.4, 0.5) is 0 Å². The number of nitrogens with two attached hydrogens (primary N) is 1. The van der Waals surface area contributed by atoms with Crippen molar-refractivity contribution in [3.63, 3.8) is 0 Å². The largest absolute Gasteiger partial charge is 0.486 e. The molecule has 0 bridgehead atoms. The Kier molecular flexibility index (Phi) is 5.53. The second kappa shape index (κ2) is 8.21. The van der Waals surface area contributed by atoms with Crippen molar-refractivity contribution in [3.05, 3.63) is 71.6 Å². The smallest absolute Gasteiger partial charge is 0.226 e. The van der Waals surface area contributed by atoms with Gasteiger partial charge in [0.15, 0.2) is 12.4 Å². The lowest BCUT2D eigenvalue weighted by atomic mass is 10.2. The highest BCUT2D eigenvalue weighted by Crippen LogP contribution is 2.22. The zero-order valence-electron chi connectivity index (χ0n) is 13.3. The first-order chi connectivity index (χ1) is 12.2. The van der Waals surface area contributed by atoms with Crippen LogP contribution in [-0.2, 0) is 11.4 Å². The molecule has 25 heavy (non-hydrogen) atoms. The number of para-hydroxylation sites is 1. The van der Waals surface area contributed by atoms with Gasteiger partial charge in [0.2, 0.25) is 5.89 Å². The number of aromatic nitrogens is 1. The second-order valence-electron chi connectivity index (χ2n) is 5.11. The molecule has 0 aliphatic rings. The van der Waals surface area contributed by atoms with Crippen LogP contribution in [-0.4, -0.2) is 17.4 Å². The number of oxime groups is 1. The molecule has 7 heteroatoms. The van der Waals surface area contributed by atoms with Gasteiger partial charge in [0.25, 0.3) is 0 Å². The summed E-state index contributed by atoms with van der Waals surface area (Å²) in [6, 6.07) is 16.6. The van der Waals surface area contributed by atoms with Crippen LogP contribution < -0.4 is 10.5 Å². The summed E-state index contributed by atoms with van der Waals surface area (Å²) in [7, 11) is 0. The number of amidine groups is 1. The first-order valence-corrected chi connectivity index (χ1v) is 7.91. The molecule has 0 amide bonds. The van der Waals surface area contributed by atoms with Crippen LogP contribution in [0.2, 0.25) is 5.02 Å². The third kappa shape index (κ3) is 4.99. The molecule has 0 unspecified atom stereocenters. The normalized spacial score (nSPS) is 11.3. The number of hydrogen-bond acceptors (Lipinski definition) is 5. The van der Waals surface area contributed by atoms with Crippen molar-refractivity contribution >= 4 is 17.4 Å². The Labute approximate surface area is 149 Å². The first-order valence-electron chi connectivity index (χ1n) is 7.53. The SMILES string of the molecule is N/C(COc1ccccc1)=N\OCc1coc(-c2cccc(Cl)c2)n1. The molecule has 6 nitrogen and oxygen atoms in total. The van der Waals surface area contributed by atoms with Gasteiger partial charge in [0.1, 0.15) is 24.3 Å². The second-order valence-corrected chi connectivity index (χ2v) is 5.55. The predicted molar refractivity (Wildman–Crippen MR) is 95.3 cm³/mol. The Morgan fingerprint density at radius 3 is 2.80 bits per heavy atom. The Bertz CT molecular complexity index is 850. The Hall–Kier alpha value is -2.99. The highest BCUT2D eigenvalue weighted by atomic mass is 35.5. The van der Waals surface area contributed by atoms with E-state index in [0.717, 1.165) is 5.56 Å². The van der Waals surface area contributed by atoms with E-state index in [1.807, 2.05) is 42.5 Å². The maximum atomic E-state index is 5.96. The molecule has 0 aliphatic carbocycles.